The molecule has 0 rings (SSSR count). The molecule has 0 aromatic carbocycles. The van der Waals surface area contributed by atoms with E-state index in [2.05, 4.69) is 106 Å². The van der Waals surface area contributed by atoms with Crippen molar-refractivity contribution >= 4 is 17.9 Å². The van der Waals surface area contributed by atoms with Crippen LogP contribution in [0, 0.1) is 0 Å². The van der Waals surface area contributed by atoms with Gasteiger partial charge in [-0.3, -0.25) is 14.4 Å². The van der Waals surface area contributed by atoms with Crippen molar-refractivity contribution in [2.75, 3.05) is 13.2 Å². The zero-order valence-electron chi connectivity index (χ0n) is 43.9. The predicted molar refractivity (Wildman–Crippen MR) is 288 cm³/mol. The molecule has 1 atom stereocenters. The first-order valence-electron chi connectivity index (χ1n) is 28.1. The molecule has 0 amide bonds. The van der Waals surface area contributed by atoms with Gasteiger partial charge in [0.1, 0.15) is 13.2 Å². The van der Waals surface area contributed by atoms with Crippen LogP contribution < -0.4 is 0 Å². The molecule has 0 N–H and O–H groups in total. The molecule has 0 saturated heterocycles. The summed E-state index contributed by atoms with van der Waals surface area (Å²) in [5.41, 5.74) is 0. The Kier molecular flexibility index (Phi) is 52.4. The number of carbonyl (C=O) groups excluding carboxylic acids is 3. The molecular weight excluding hydrogens is 829 g/mol. The maximum absolute atomic E-state index is 12.8. The molecule has 0 aliphatic heterocycles. The highest BCUT2D eigenvalue weighted by molar-refractivity contribution is 5.71. The van der Waals surface area contributed by atoms with Gasteiger partial charge in [-0.15, -0.1) is 0 Å². The van der Waals surface area contributed by atoms with Crippen molar-refractivity contribution in [1.29, 1.82) is 0 Å². The Balaban J connectivity index is 4.35. The Bertz CT molecular complexity index is 1300. The summed E-state index contributed by atoms with van der Waals surface area (Å²) in [4.78, 5) is 38.1. The molecule has 0 fully saturated rings. The lowest BCUT2D eigenvalue weighted by atomic mass is 10.1. The number of allylic oxidation sites excluding steroid dienone is 14. The third kappa shape index (κ3) is 53.4. The van der Waals surface area contributed by atoms with Crippen molar-refractivity contribution in [3.63, 3.8) is 0 Å². The summed E-state index contributed by atoms with van der Waals surface area (Å²) in [6.07, 6.45) is 71.4. The fourth-order valence-electron chi connectivity index (χ4n) is 7.74. The van der Waals surface area contributed by atoms with Crippen LogP contribution in [0.3, 0.4) is 0 Å². The Labute approximate surface area is 414 Å². The minimum atomic E-state index is -0.784. The molecule has 0 aliphatic rings. The van der Waals surface area contributed by atoms with Gasteiger partial charge >= 0.3 is 17.9 Å². The topological polar surface area (TPSA) is 78.9 Å². The minimum Gasteiger partial charge on any atom is -0.462 e. The van der Waals surface area contributed by atoms with Crippen LogP contribution in [-0.2, 0) is 28.6 Å². The van der Waals surface area contributed by atoms with Crippen LogP contribution in [0.4, 0.5) is 0 Å². The highest BCUT2D eigenvalue weighted by atomic mass is 16.6. The van der Waals surface area contributed by atoms with Crippen molar-refractivity contribution in [3.05, 3.63) is 85.1 Å². The smallest absolute Gasteiger partial charge is 0.306 e. The normalized spacial score (nSPS) is 12.7. The van der Waals surface area contributed by atoms with Gasteiger partial charge in [0, 0.05) is 19.3 Å². The molecule has 0 aromatic heterocycles. The Morgan fingerprint density at radius 1 is 0.313 bits per heavy atom. The monoisotopic (exact) mass is 933 g/mol. The van der Waals surface area contributed by atoms with Crippen LogP contribution in [0.25, 0.3) is 0 Å². The van der Waals surface area contributed by atoms with Gasteiger partial charge in [0.05, 0.1) is 0 Å². The van der Waals surface area contributed by atoms with E-state index in [1.54, 1.807) is 0 Å². The quantitative estimate of drug-likeness (QED) is 0.0262. The number of hydrogen-bond donors (Lipinski definition) is 0. The SMILES string of the molecule is CC/C=C\C/C=C\C/C=C\C/C=C\CCCCCCCCCCC(=O)OCC(COC(=O)CCCCCCCCCCCCC)OC(=O)CCCCCCCCC/C=C\C/C=C\C/C=C\CC. The van der Waals surface area contributed by atoms with E-state index in [0.29, 0.717) is 19.3 Å². The van der Waals surface area contributed by atoms with Gasteiger partial charge in [0.15, 0.2) is 6.10 Å². The van der Waals surface area contributed by atoms with Crippen molar-refractivity contribution in [3.8, 4) is 0 Å². The minimum absolute atomic E-state index is 0.0815. The van der Waals surface area contributed by atoms with Crippen LogP contribution in [0.5, 0.6) is 0 Å². The molecule has 6 heteroatoms. The third-order valence-corrected chi connectivity index (χ3v) is 11.9. The van der Waals surface area contributed by atoms with E-state index in [-0.39, 0.29) is 31.1 Å². The van der Waals surface area contributed by atoms with E-state index in [9.17, 15) is 14.4 Å². The Morgan fingerprint density at radius 3 is 0.910 bits per heavy atom. The average molecular weight is 933 g/mol. The zero-order chi connectivity index (χ0) is 48.6. The van der Waals surface area contributed by atoms with E-state index in [1.165, 1.54) is 109 Å². The van der Waals surface area contributed by atoms with Crippen molar-refractivity contribution in [1.82, 2.24) is 0 Å². The predicted octanol–water partition coefficient (Wildman–Crippen LogP) is 18.8. The molecule has 0 spiro atoms. The van der Waals surface area contributed by atoms with Crippen molar-refractivity contribution in [2.45, 2.75) is 271 Å². The van der Waals surface area contributed by atoms with Crippen LogP contribution in [0.1, 0.15) is 265 Å². The Morgan fingerprint density at radius 2 is 0.582 bits per heavy atom. The lowest BCUT2D eigenvalue weighted by Gasteiger charge is -2.18. The van der Waals surface area contributed by atoms with Crippen molar-refractivity contribution < 1.29 is 28.6 Å². The largest absolute Gasteiger partial charge is 0.462 e. The molecule has 1 unspecified atom stereocenters. The molecule has 0 bridgehead atoms. The number of carbonyl (C=O) groups is 3. The average Bonchev–Trinajstić information content (AvgIpc) is 3.33. The zero-order valence-corrected chi connectivity index (χ0v) is 43.9. The maximum atomic E-state index is 12.8. The lowest BCUT2D eigenvalue weighted by Crippen LogP contribution is -2.30. The molecule has 0 aromatic rings. The Hall–Kier alpha value is -3.41. The highest BCUT2D eigenvalue weighted by Gasteiger charge is 2.19. The number of unbranched alkanes of at least 4 members (excludes halogenated alkanes) is 25. The highest BCUT2D eigenvalue weighted by Crippen LogP contribution is 2.15. The van der Waals surface area contributed by atoms with Gasteiger partial charge in [-0.25, -0.2) is 0 Å². The summed E-state index contributed by atoms with van der Waals surface area (Å²) >= 11 is 0. The molecule has 67 heavy (non-hydrogen) atoms. The molecule has 384 valence electrons. The van der Waals surface area contributed by atoms with Gasteiger partial charge in [-0.1, -0.05) is 241 Å². The molecule has 6 nitrogen and oxygen atoms in total. The first-order chi connectivity index (χ1) is 33.0. The summed E-state index contributed by atoms with van der Waals surface area (Å²) in [7, 11) is 0. The van der Waals surface area contributed by atoms with E-state index in [0.717, 1.165) is 116 Å². The molecule has 0 heterocycles. The maximum Gasteiger partial charge on any atom is 0.306 e. The third-order valence-electron chi connectivity index (χ3n) is 11.9. The molecular formula is C61H104O6. The van der Waals surface area contributed by atoms with E-state index < -0.39 is 6.10 Å². The fourth-order valence-corrected chi connectivity index (χ4v) is 7.74. The van der Waals surface area contributed by atoms with Crippen molar-refractivity contribution in [2.24, 2.45) is 0 Å². The second-order valence-corrected chi connectivity index (χ2v) is 18.4. The fraction of sp³-hybridized carbons (Fsp3) is 0.721. The number of rotatable bonds is 50. The van der Waals surface area contributed by atoms with Gasteiger partial charge < -0.3 is 14.2 Å². The van der Waals surface area contributed by atoms with Crippen LogP contribution in [-0.4, -0.2) is 37.2 Å². The van der Waals surface area contributed by atoms with Crippen LogP contribution >= 0.6 is 0 Å². The second-order valence-electron chi connectivity index (χ2n) is 18.4. The molecule has 0 saturated carbocycles. The summed E-state index contributed by atoms with van der Waals surface area (Å²) in [6, 6.07) is 0. The van der Waals surface area contributed by atoms with Gasteiger partial charge in [0.25, 0.3) is 0 Å². The summed E-state index contributed by atoms with van der Waals surface area (Å²) in [6.45, 7) is 6.41. The van der Waals surface area contributed by atoms with E-state index in [4.69, 9.17) is 14.2 Å². The number of ether oxygens (including phenoxy) is 3. The second kappa shape index (κ2) is 55.2. The number of esters is 3. The van der Waals surface area contributed by atoms with Crippen LogP contribution in [0.15, 0.2) is 85.1 Å². The summed E-state index contributed by atoms with van der Waals surface area (Å²) in [5.74, 6) is -0.895. The van der Waals surface area contributed by atoms with E-state index in [1.807, 2.05) is 0 Å². The summed E-state index contributed by atoms with van der Waals surface area (Å²) in [5, 5.41) is 0. The first-order valence-corrected chi connectivity index (χ1v) is 28.1. The van der Waals surface area contributed by atoms with E-state index >= 15 is 0 Å². The standard InChI is InChI=1S/C61H104O6/c1-4-7-10-13-16-19-22-24-26-28-29-30-31-33-34-36-39-42-45-48-51-54-60(63)66-57-58(56-65-59(62)53-50-47-44-41-38-21-18-15-12-9-6-3)67-61(64)55-52-49-46-43-40-37-35-32-27-25-23-20-17-14-11-8-5-2/h7-8,10-11,16-17,19-20,24-27,29-30,58H,4-6,9,12-15,18,21-23,28,31-57H2,1-3H3/b10-7-,11-8-,19-16-,20-17-,26-24-,27-25-,30-29-. The van der Waals surface area contributed by atoms with Crippen LogP contribution in [0.2, 0.25) is 0 Å². The first kappa shape index (κ1) is 63.6. The van der Waals surface area contributed by atoms with Gasteiger partial charge in [0.2, 0.25) is 0 Å². The lowest BCUT2D eigenvalue weighted by molar-refractivity contribution is -0.167. The van der Waals surface area contributed by atoms with Gasteiger partial charge in [-0.2, -0.15) is 0 Å². The molecule has 0 aliphatic carbocycles. The molecule has 0 radical (unpaired) electrons. The summed E-state index contributed by atoms with van der Waals surface area (Å²) < 4.78 is 16.8. The van der Waals surface area contributed by atoms with Gasteiger partial charge in [-0.05, 0) is 89.9 Å². The number of hydrogen-bond acceptors (Lipinski definition) is 6.